The summed E-state index contributed by atoms with van der Waals surface area (Å²) in [4.78, 5) is 24.4. The standard InChI is InChI=1S/C29H29N3O6/c1-37-22-12-13-27(38-2)23(16-22)24-17-25(32-31-24)28(34)30-21(15-26(33)29(35)36)14-18-8-10-20(11-9-18)19-6-4-3-5-7-19/h3-13,16-17,21,26,33H,14-15H2,1-2H3,(H,30,34)(H,31,32)(H,35,36)/t21-,26-/m1/s1. The number of nitrogens with one attached hydrogen (secondary N) is 2. The van der Waals surface area contributed by atoms with Gasteiger partial charge in [-0.3, -0.25) is 9.89 Å². The largest absolute Gasteiger partial charge is 0.497 e. The predicted octanol–water partition coefficient (Wildman–Crippen LogP) is 3.94. The number of nitrogens with zero attached hydrogens (tertiary/aromatic N) is 1. The number of aromatic amines is 1. The highest BCUT2D eigenvalue weighted by molar-refractivity contribution is 5.94. The number of aliphatic hydroxyl groups is 1. The number of carboxylic acids is 1. The number of rotatable bonds is 11. The predicted molar refractivity (Wildman–Crippen MR) is 142 cm³/mol. The number of aliphatic carboxylic acids is 1. The molecule has 9 heteroatoms. The van der Waals surface area contributed by atoms with Gasteiger partial charge in [-0.2, -0.15) is 5.10 Å². The third-order valence-electron chi connectivity index (χ3n) is 6.18. The van der Waals surface area contributed by atoms with E-state index in [1.54, 1.807) is 31.4 Å². The van der Waals surface area contributed by atoms with Crippen molar-refractivity contribution in [3.63, 3.8) is 0 Å². The van der Waals surface area contributed by atoms with Gasteiger partial charge in [-0.15, -0.1) is 0 Å². The molecule has 4 rings (SSSR count). The van der Waals surface area contributed by atoms with Crippen LogP contribution >= 0.6 is 0 Å². The van der Waals surface area contributed by atoms with Gasteiger partial charge in [0.1, 0.15) is 17.2 Å². The Morgan fingerprint density at radius 1 is 0.947 bits per heavy atom. The second-order valence-corrected chi connectivity index (χ2v) is 8.76. The van der Waals surface area contributed by atoms with Crippen molar-refractivity contribution in [3.8, 4) is 33.9 Å². The van der Waals surface area contributed by atoms with Gasteiger partial charge >= 0.3 is 5.97 Å². The Kier molecular flexibility index (Phi) is 8.40. The van der Waals surface area contributed by atoms with Crippen molar-refractivity contribution in [1.29, 1.82) is 0 Å². The van der Waals surface area contributed by atoms with Gasteiger partial charge < -0.3 is 25.0 Å². The van der Waals surface area contributed by atoms with Crippen LogP contribution in [0.5, 0.6) is 11.5 Å². The van der Waals surface area contributed by atoms with Crippen LogP contribution in [0.25, 0.3) is 22.4 Å². The lowest BCUT2D eigenvalue weighted by Gasteiger charge is -2.20. The average Bonchev–Trinajstić information content (AvgIpc) is 3.44. The van der Waals surface area contributed by atoms with E-state index in [2.05, 4.69) is 15.5 Å². The number of hydrogen-bond acceptors (Lipinski definition) is 6. The molecule has 4 N–H and O–H groups in total. The van der Waals surface area contributed by atoms with Crippen molar-refractivity contribution in [2.24, 2.45) is 0 Å². The number of amides is 1. The number of aromatic nitrogens is 2. The summed E-state index contributed by atoms with van der Waals surface area (Å²) in [6, 6.07) is 23.9. The number of aliphatic hydroxyl groups excluding tert-OH is 1. The van der Waals surface area contributed by atoms with Crippen LogP contribution in [0.2, 0.25) is 0 Å². The molecule has 0 fully saturated rings. The first-order valence-electron chi connectivity index (χ1n) is 12.0. The molecule has 1 aromatic heterocycles. The zero-order chi connectivity index (χ0) is 27.1. The molecule has 4 aromatic rings. The SMILES string of the molecule is COc1ccc(OC)c(-c2cc(C(=O)N[C@H](Cc3ccc(-c4ccccc4)cc3)C[C@@H](O)C(=O)O)[nH]n2)c1. The average molecular weight is 516 g/mol. The molecular weight excluding hydrogens is 486 g/mol. The Bertz CT molecular complexity index is 1390. The number of methoxy groups -OCH3 is 2. The minimum Gasteiger partial charge on any atom is -0.497 e. The van der Waals surface area contributed by atoms with Crippen molar-refractivity contribution < 1.29 is 29.3 Å². The van der Waals surface area contributed by atoms with Crippen molar-refractivity contribution in [2.45, 2.75) is 25.0 Å². The molecule has 3 aromatic carbocycles. The normalized spacial score (nSPS) is 12.4. The molecular formula is C29H29N3O6. The Labute approximate surface area is 220 Å². The Morgan fingerprint density at radius 3 is 2.32 bits per heavy atom. The van der Waals surface area contributed by atoms with Crippen LogP contribution in [0.4, 0.5) is 0 Å². The van der Waals surface area contributed by atoms with Crippen LogP contribution in [0, 0.1) is 0 Å². The fourth-order valence-electron chi connectivity index (χ4n) is 4.17. The summed E-state index contributed by atoms with van der Waals surface area (Å²) in [5.41, 5.74) is 4.30. The van der Waals surface area contributed by atoms with Gasteiger partial charge in [0.05, 0.1) is 19.9 Å². The van der Waals surface area contributed by atoms with Crippen LogP contribution in [0.15, 0.2) is 78.9 Å². The maximum atomic E-state index is 13.1. The molecule has 0 unspecified atom stereocenters. The van der Waals surface area contributed by atoms with Gasteiger partial charge in [0.2, 0.25) is 0 Å². The summed E-state index contributed by atoms with van der Waals surface area (Å²) < 4.78 is 10.7. The smallest absolute Gasteiger partial charge is 0.332 e. The fraction of sp³-hybridized carbons (Fsp3) is 0.207. The lowest BCUT2D eigenvalue weighted by Crippen LogP contribution is -2.40. The lowest BCUT2D eigenvalue weighted by molar-refractivity contribution is -0.147. The van der Waals surface area contributed by atoms with Crippen LogP contribution in [-0.2, 0) is 11.2 Å². The molecule has 0 aliphatic rings. The fourth-order valence-corrected chi connectivity index (χ4v) is 4.17. The quantitative estimate of drug-likeness (QED) is 0.238. The summed E-state index contributed by atoms with van der Waals surface area (Å²) in [5.74, 6) is -0.659. The van der Waals surface area contributed by atoms with Crippen molar-refractivity contribution in [3.05, 3.63) is 90.1 Å². The number of carbonyl (C=O) groups is 2. The first-order valence-corrected chi connectivity index (χ1v) is 12.0. The number of ether oxygens (including phenoxy) is 2. The molecule has 0 bridgehead atoms. The van der Waals surface area contributed by atoms with Crippen LogP contribution < -0.4 is 14.8 Å². The van der Waals surface area contributed by atoms with Crippen molar-refractivity contribution in [1.82, 2.24) is 15.5 Å². The van der Waals surface area contributed by atoms with Gasteiger partial charge in [0.15, 0.2) is 6.10 Å². The first kappa shape index (κ1) is 26.4. The minimum atomic E-state index is -1.62. The Hall–Kier alpha value is -4.63. The minimum absolute atomic E-state index is 0.161. The topological polar surface area (TPSA) is 134 Å². The van der Waals surface area contributed by atoms with Gasteiger partial charge in [-0.05, 0) is 47.4 Å². The maximum Gasteiger partial charge on any atom is 0.332 e. The summed E-state index contributed by atoms with van der Waals surface area (Å²) in [6.07, 6.45) is -1.45. The first-order chi connectivity index (χ1) is 18.4. The zero-order valence-corrected chi connectivity index (χ0v) is 21.0. The number of benzene rings is 3. The molecule has 0 aliphatic heterocycles. The van der Waals surface area contributed by atoms with E-state index >= 15 is 0 Å². The Balaban J connectivity index is 1.51. The molecule has 1 heterocycles. The molecule has 0 saturated heterocycles. The van der Waals surface area contributed by atoms with Gasteiger partial charge in [0, 0.05) is 18.0 Å². The number of carboxylic acid groups (broad SMARTS) is 1. The van der Waals surface area contributed by atoms with E-state index in [0.29, 0.717) is 29.2 Å². The molecule has 2 atom stereocenters. The van der Waals surface area contributed by atoms with E-state index in [0.717, 1.165) is 16.7 Å². The van der Waals surface area contributed by atoms with Gasteiger partial charge in [0.25, 0.3) is 5.91 Å². The summed E-state index contributed by atoms with van der Waals surface area (Å²) in [6.45, 7) is 0. The highest BCUT2D eigenvalue weighted by atomic mass is 16.5. The molecule has 1 amide bonds. The monoisotopic (exact) mass is 515 g/mol. The Morgan fingerprint density at radius 2 is 1.66 bits per heavy atom. The highest BCUT2D eigenvalue weighted by Crippen LogP contribution is 2.32. The lowest BCUT2D eigenvalue weighted by atomic mass is 9.97. The second kappa shape index (κ2) is 12.1. The molecule has 9 nitrogen and oxygen atoms in total. The van der Waals surface area contributed by atoms with Crippen LogP contribution in [-0.4, -0.2) is 58.7 Å². The summed E-state index contributed by atoms with van der Waals surface area (Å²) in [5, 5.41) is 29.1. The molecule has 0 aliphatic carbocycles. The third kappa shape index (κ3) is 6.37. The van der Waals surface area contributed by atoms with Gasteiger partial charge in [-0.25, -0.2) is 4.79 Å². The molecule has 0 spiro atoms. The van der Waals surface area contributed by atoms with Crippen LogP contribution in [0.1, 0.15) is 22.5 Å². The van der Waals surface area contributed by atoms with E-state index in [4.69, 9.17) is 9.47 Å². The maximum absolute atomic E-state index is 13.1. The summed E-state index contributed by atoms with van der Waals surface area (Å²) >= 11 is 0. The van der Waals surface area contributed by atoms with E-state index in [1.165, 1.54) is 7.11 Å². The molecule has 38 heavy (non-hydrogen) atoms. The molecule has 0 saturated carbocycles. The van der Waals surface area contributed by atoms with E-state index in [-0.39, 0.29) is 12.1 Å². The zero-order valence-electron chi connectivity index (χ0n) is 21.0. The van der Waals surface area contributed by atoms with E-state index in [9.17, 15) is 19.8 Å². The number of carbonyl (C=O) groups excluding carboxylic acids is 1. The third-order valence-corrected chi connectivity index (χ3v) is 6.18. The number of hydrogen-bond donors (Lipinski definition) is 4. The van der Waals surface area contributed by atoms with Crippen molar-refractivity contribution >= 4 is 11.9 Å². The molecule has 0 radical (unpaired) electrons. The van der Waals surface area contributed by atoms with Gasteiger partial charge in [-0.1, -0.05) is 54.6 Å². The summed E-state index contributed by atoms with van der Waals surface area (Å²) in [7, 11) is 3.09. The van der Waals surface area contributed by atoms with E-state index < -0.39 is 24.0 Å². The highest BCUT2D eigenvalue weighted by Gasteiger charge is 2.24. The van der Waals surface area contributed by atoms with Crippen molar-refractivity contribution in [2.75, 3.05) is 14.2 Å². The molecule has 196 valence electrons. The number of H-pyrrole nitrogens is 1. The van der Waals surface area contributed by atoms with E-state index in [1.807, 2.05) is 54.6 Å². The van der Waals surface area contributed by atoms with Crippen LogP contribution in [0.3, 0.4) is 0 Å². The second-order valence-electron chi connectivity index (χ2n) is 8.76.